The number of amides is 2. The van der Waals surface area contributed by atoms with Gasteiger partial charge in [-0.25, -0.2) is 4.79 Å². The van der Waals surface area contributed by atoms with Crippen molar-refractivity contribution in [3.8, 4) is 0 Å². The molecule has 22 heavy (non-hydrogen) atoms. The molecule has 0 fully saturated rings. The molecule has 0 saturated heterocycles. The lowest BCUT2D eigenvalue weighted by Gasteiger charge is -2.29. The van der Waals surface area contributed by atoms with Gasteiger partial charge in [-0.05, 0) is 31.4 Å². The Hall–Kier alpha value is -1.59. The highest BCUT2D eigenvalue weighted by Gasteiger charge is 2.19. The SMILES string of the molecule is CN(CC(C)(C)O)C(=O)NCCN1CCc2ccccc2C1. The van der Waals surface area contributed by atoms with Crippen LogP contribution < -0.4 is 5.32 Å². The van der Waals surface area contributed by atoms with Gasteiger partial charge in [0.15, 0.2) is 0 Å². The molecule has 5 nitrogen and oxygen atoms in total. The zero-order valence-corrected chi connectivity index (χ0v) is 13.8. The lowest BCUT2D eigenvalue weighted by molar-refractivity contribution is 0.0531. The van der Waals surface area contributed by atoms with Crippen molar-refractivity contribution in [1.29, 1.82) is 0 Å². The molecule has 0 aromatic heterocycles. The number of benzene rings is 1. The summed E-state index contributed by atoms with van der Waals surface area (Å²) in [6.45, 7) is 7.16. The lowest BCUT2D eigenvalue weighted by atomic mass is 10.00. The Morgan fingerprint density at radius 1 is 1.36 bits per heavy atom. The number of nitrogens with zero attached hydrogens (tertiary/aromatic N) is 2. The third-order valence-electron chi connectivity index (χ3n) is 3.88. The third kappa shape index (κ3) is 5.00. The molecule has 0 aliphatic carbocycles. The van der Waals surface area contributed by atoms with Gasteiger partial charge in [-0.1, -0.05) is 24.3 Å². The molecule has 5 heteroatoms. The zero-order chi connectivity index (χ0) is 16.2. The predicted octanol–water partition coefficient (Wildman–Crippen LogP) is 1.46. The van der Waals surface area contributed by atoms with E-state index in [1.54, 1.807) is 20.9 Å². The number of hydrogen-bond acceptors (Lipinski definition) is 3. The Labute approximate surface area is 132 Å². The van der Waals surface area contributed by atoms with Crippen molar-refractivity contribution >= 4 is 6.03 Å². The van der Waals surface area contributed by atoms with Crippen LogP contribution in [-0.4, -0.2) is 59.8 Å². The maximum absolute atomic E-state index is 11.9. The summed E-state index contributed by atoms with van der Waals surface area (Å²) in [5.74, 6) is 0. The first-order valence-corrected chi connectivity index (χ1v) is 7.86. The topological polar surface area (TPSA) is 55.8 Å². The Balaban J connectivity index is 1.72. The second kappa shape index (κ2) is 7.11. The maximum atomic E-state index is 11.9. The summed E-state index contributed by atoms with van der Waals surface area (Å²) in [6.07, 6.45) is 1.07. The van der Waals surface area contributed by atoms with Crippen LogP contribution in [0.2, 0.25) is 0 Å². The quantitative estimate of drug-likeness (QED) is 0.866. The van der Waals surface area contributed by atoms with E-state index in [1.807, 2.05) is 0 Å². The van der Waals surface area contributed by atoms with Crippen LogP contribution in [0.25, 0.3) is 0 Å². The summed E-state index contributed by atoms with van der Waals surface area (Å²) in [6, 6.07) is 8.40. The highest BCUT2D eigenvalue weighted by atomic mass is 16.3. The molecule has 0 atom stereocenters. The molecule has 2 amide bonds. The first-order chi connectivity index (χ1) is 10.3. The number of aliphatic hydroxyl groups is 1. The van der Waals surface area contributed by atoms with Gasteiger partial charge in [-0.15, -0.1) is 0 Å². The number of likely N-dealkylation sites (N-methyl/N-ethyl adjacent to an activating group) is 1. The average Bonchev–Trinajstić information content (AvgIpc) is 2.45. The van der Waals surface area contributed by atoms with Crippen LogP contribution in [0.3, 0.4) is 0 Å². The number of carbonyl (C=O) groups excluding carboxylic acids is 1. The molecule has 1 aliphatic heterocycles. The summed E-state index contributed by atoms with van der Waals surface area (Å²) in [4.78, 5) is 15.8. The number of carbonyl (C=O) groups is 1. The minimum atomic E-state index is -0.872. The van der Waals surface area contributed by atoms with E-state index in [2.05, 4.69) is 34.5 Å². The van der Waals surface area contributed by atoms with Crippen molar-refractivity contribution in [2.45, 2.75) is 32.4 Å². The fourth-order valence-electron chi connectivity index (χ4n) is 2.85. The molecule has 1 aliphatic rings. The van der Waals surface area contributed by atoms with E-state index in [0.29, 0.717) is 13.1 Å². The summed E-state index contributed by atoms with van der Waals surface area (Å²) >= 11 is 0. The first kappa shape index (κ1) is 16.8. The highest BCUT2D eigenvalue weighted by molar-refractivity contribution is 5.73. The zero-order valence-electron chi connectivity index (χ0n) is 13.8. The van der Waals surface area contributed by atoms with Crippen LogP contribution >= 0.6 is 0 Å². The molecule has 122 valence electrons. The van der Waals surface area contributed by atoms with Gasteiger partial charge < -0.3 is 15.3 Å². The maximum Gasteiger partial charge on any atom is 0.317 e. The molecular weight excluding hydrogens is 278 g/mol. The third-order valence-corrected chi connectivity index (χ3v) is 3.88. The van der Waals surface area contributed by atoms with Gasteiger partial charge in [0, 0.05) is 33.2 Å². The Morgan fingerprint density at radius 3 is 2.73 bits per heavy atom. The molecule has 0 unspecified atom stereocenters. The van der Waals surface area contributed by atoms with Gasteiger partial charge in [0.1, 0.15) is 0 Å². The van der Waals surface area contributed by atoms with Crippen molar-refractivity contribution in [2.24, 2.45) is 0 Å². The molecular formula is C17H27N3O2. The number of urea groups is 1. The van der Waals surface area contributed by atoms with E-state index >= 15 is 0 Å². The van der Waals surface area contributed by atoms with Crippen LogP contribution in [0.5, 0.6) is 0 Å². The molecule has 1 aromatic carbocycles. The normalized spacial score (nSPS) is 15.3. The molecule has 0 radical (unpaired) electrons. The minimum Gasteiger partial charge on any atom is -0.389 e. The van der Waals surface area contributed by atoms with E-state index in [9.17, 15) is 9.90 Å². The van der Waals surface area contributed by atoms with Crippen LogP contribution in [0.4, 0.5) is 4.79 Å². The monoisotopic (exact) mass is 305 g/mol. The van der Waals surface area contributed by atoms with Crippen molar-refractivity contribution < 1.29 is 9.90 Å². The Bertz CT molecular complexity index is 511. The van der Waals surface area contributed by atoms with E-state index < -0.39 is 5.60 Å². The van der Waals surface area contributed by atoms with E-state index in [0.717, 1.165) is 26.1 Å². The van der Waals surface area contributed by atoms with Crippen molar-refractivity contribution in [1.82, 2.24) is 15.1 Å². The summed E-state index contributed by atoms with van der Waals surface area (Å²) in [5, 5.41) is 12.6. The molecule has 2 N–H and O–H groups in total. The van der Waals surface area contributed by atoms with Crippen molar-refractivity contribution in [3.05, 3.63) is 35.4 Å². The first-order valence-electron chi connectivity index (χ1n) is 7.86. The number of rotatable bonds is 5. The van der Waals surface area contributed by atoms with Crippen LogP contribution in [0.15, 0.2) is 24.3 Å². The van der Waals surface area contributed by atoms with Gasteiger partial charge >= 0.3 is 6.03 Å². The van der Waals surface area contributed by atoms with Crippen LogP contribution in [0, 0.1) is 0 Å². The fourth-order valence-corrected chi connectivity index (χ4v) is 2.85. The number of nitrogens with one attached hydrogen (secondary N) is 1. The molecule has 2 rings (SSSR count). The van der Waals surface area contributed by atoms with Gasteiger partial charge in [0.25, 0.3) is 0 Å². The van der Waals surface area contributed by atoms with Gasteiger partial charge in [0.2, 0.25) is 0 Å². The summed E-state index contributed by atoms with van der Waals surface area (Å²) in [5.41, 5.74) is 1.95. The van der Waals surface area contributed by atoms with Crippen molar-refractivity contribution in [3.63, 3.8) is 0 Å². The molecule has 0 bridgehead atoms. The van der Waals surface area contributed by atoms with Crippen LogP contribution in [-0.2, 0) is 13.0 Å². The number of fused-ring (bicyclic) bond motifs is 1. The van der Waals surface area contributed by atoms with Crippen LogP contribution in [0.1, 0.15) is 25.0 Å². The van der Waals surface area contributed by atoms with Crippen molar-refractivity contribution in [2.75, 3.05) is 33.2 Å². The second-order valence-corrected chi connectivity index (χ2v) is 6.70. The Kier molecular flexibility index (Phi) is 5.42. The average molecular weight is 305 g/mol. The van der Waals surface area contributed by atoms with Gasteiger partial charge in [-0.2, -0.15) is 0 Å². The fraction of sp³-hybridized carbons (Fsp3) is 0.588. The molecule has 1 aromatic rings. The van der Waals surface area contributed by atoms with E-state index in [4.69, 9.17) is 0 Å². The Morgan fingerprint density at radius 2 is 2.05 bits per heavy atom. The summed E-state index contributed by atoms with van der Waals surface area (Å²) in [7, 11) is 1.70. The lowest BCUT2D eigenvalue weighted by Crippen LogP contribution is -2.46. The smallest absolute Gasteiger partial charge is 0.317 e. The van der Waals surface area contributed by atoms with E-state index in [1.165, 1.54) is 16.0 Å². The summed E-state index contributed by atoms with van der Waals surface area (Å²) < 4.78 is 0. The van der Waals surface area contributed by atoms with Gasteiger partial charge in [0.05, 0.1) is 12.1 Å². The largest absolute Gasteiger partial charge is 0.389 e. The molecule has 1 heterocycles. The molecule has 0 saturated carbocycles. The van der Waals surface area contributed by atoms with E-state index in [-0.39, 0.29) is 6.03 Å². The minimum absolute atomic E-state index is 0.139. The standard InChI is InChI=1S/C17H27N3O2/c1-17(2,22)13-19(3)16(21)18-9-11-20-10-8-14-6-4-5-7-15(14)12-20/h4-7,22H,8-13H2,1-3H3,(H,18,21). The molecule has 0 spiro atoms. The number of hydrogen-bond donors (Lipinski definition) is 2. The second-order valence-electron chi connectivity index (χ2n) is 6.70. The predicted molar refractivity (Wildman–Crippen MR) is 87.7 cm³/mol. The highest BCUT2D eigenvalue weighted by Crippen LogP contribution is 2.17. The van der Waals surface area contributed by atoms with Gasteiger partial charge in [-0.3, -0.25) is 4.90 Å².